The standard InChI is InChI=1S/C16H16N4O/c1-2-12-5-7-14(8-6-12)20-15(18-19-16(20)21)10-13-4-3-9-17-11-13/h3-9,11H,2,10H2,1H3,(H,19,21). The first kappa shape index (κ1) is 13.3. The number of aromatic nitrogens is 4. The highest BCUT2D eigenvalue weighted by molar-refractivity contribution is 5.36. The molecule has 5 heteroatoms. The van der Waals surface area contributed by atoms with E-state index < -0.39 is 0 Å². The van der Waals surface area contributed by atoms with Gasteiger partial charge in [-0.1, -0.05) is 25.1 Å². The molecule has 0 aliphatic heterocycles. The quantitative estimate of drug-likeness (QED) is 0.796. The van der Waals surface area contributed by atoms with Gasteiger partial charge < -0.3 is 0 Å². The van der Waals surface area contributed by atoms with Gasteiger partial charge in [-0.05, 0) is 35.7 Å². The Bertz CT molecular complexity index is 772. The average Bonchev–Trinajstić information content (AvgIpc) is 2.89. The van der Waals surface area contributed by atoms with Gasteiger partial charge in [0.2, 0.25) is 0 Å². The summed E-state index contributed by atoms with van der Waals surface area (Å²) in [6, 6.07) is 11.8. The maximum Gasteiger partial charge on any atom is 0.347 e. The van der Waals surface area contributed by atoms with Crippen molar-refractivity contribution in [1.29, 1.82) is 0 Å². The Morgan fingerprint density at radius 1 is 1.14 bits per heavy atom. The van der Waals surface area contributed by atoms with Gasteiger partial charge in [0.05, 0.1) is 5.69 Å². The van der Waals surface area contributed by atoms with Crippen LogP contribution in [0, 0.1) is 0 Å². The second kappa shape index (κ2) is 5.75. The third-order valence-electron chi connectivity index (χ3n) is 3.43. The predicted octanol–water partition coefficient (Wildman–Crippen LogP) is 2.11. The third-order valence-corrected chi connectivity index (χ3v) is 3.43. The molecule has 3 rings (SSSR count). The summed E-state index contributed by atoms with van der Waals surface area (Å²) in [5.41, 5.74) is 2.86. The molecule has 0 saturated carbocycles. The molecule has 5 nitrogen and oxygen atoms in total. The number of H-pyrrole nitrogens is 1. The van der Waals surface area contributed by atoms with Crippen molar-refractivity contribution >= 4 is 0 Å². The van der Waals surface area contributed by atoms with Crippen LogP contribution >= 0.6 is 0 Å². The van der Waals surface area contributed by atoms with Gasteiger partial charge in [0.25, 0.3) is 0 Å². The highest BCUT2D eigenvalue weighted by Crippen LogP contribution is 2.12. The smallest absolute Gasteiger partial charge is 0.264 e. The fraction of sp³-hybridized carbons (Fsp3) is 0.188. The molecule has 0 aliphatic carbocycles. The Kier molecular flexibility index (Phi) is 3.64. The minimum absolute atomic E-state index is 0.224. The Balaban J connectivity index is 1.98. The van der Waals surface area contributed by atoms with Gasteiger partial charge in [0, 0.05) is 18.8 Å². The van der Waals surface area contributed by atoms with E-state index >= 15 is 0 Å². The van der Waals surface area contributed by atoms with Gasteiger partial charge in [-0.3, -0.25) is 4.98 Å². The summed E-state index contributed by atoms with van der Waals surface area (Å²) in [4.78, 5) is 16.1. The Hall–Kier alpha value is -2.69. The van der Waals surface area contributed by atoms with E-state index in [0.717, 1.165) is 17.7 Å². The summed E-state index contributed by atoms with van der Waals surface area (Å²) in [6.07, 6.45) is 5.04. The Labute approximate surface area is 122 Å². The van der Waals surface area contributed by atoms with Gasteiger partial charge in [-0.25, -0.2) is 14.5 Å². The molecule has 3 aromatic rings. The van der Waals surface area contributed by atoms with E-state index in [9.17, 15) is 4.79 Å². The number of aryl methyl sites for hydroxylation is 1. The van der Waals surface area contributed by atoms with Crippen LogP contribution in [0.5, 0.6) is 0 Å². The molecule has 0 bridgehead atoms. The van der Waals surface area contributed by atoms with Crippen molar-refractivity contribution in [3.63, 3.8) is 0 Å². The lowest BCUT2D eigenvalue weighted by atomic mass is 10.1. The van der Waals surface area contributed by atoms with E-state index in [1.54, 1.807) is 17.0 Å². The van der Waals surface area contributed by atoms with E-state index in [2.05, 4.69) is 22.1 Å². The van der Waals surface area contributed by atoms with Crippen molar-refractivity contribution in [2.45, 2.75) is 19.8 Å². The number of aromatic amines is 1. The fourth-order valence-electron chi connectivity index (χ4n) is 2.28. The number of nitrogens with one attached hydrogen (secondary N) is 1. The maximum absolute atomic E-state index is 12.0. The minimum atomic E-state index is -0.224. The molecule has 0 radical (unpaired) electrons. The van der Waals surface area contributed by atoms with Crippen molar-refractivity contribution in [3.05, 3.63) is 76.2 Å². The minimum Gasteiger partial charge on any atom is -0.264 e. The lowest BCUT2D eigenvalue weighted by molar-refractivity contribution is 0.889. The number of rotatable bonds is 4. The maximum atomic E-state index is 12.0. The van der Waals surface area contributed by atoms with Crippen molar-refractivity contribution in [2.24, 2.45) is 0 Å². The average molecular weight is 280 g/mol. The number of benzene rings is 1. The summed E-state index contributed by atoms with van der Waals surface area (Å²) >= 11 is 0. The largest absolute Gasteiger partial charge is 0.347 e. The SMILES string of the molecule is CCc1ccc(-n2c(Cc3cccnc3)n[nH]c2=O)cc1. The molecule has 2 aromatic heterocycles. The Morgan fingerprint density at radius 3 is 2.62 bits per heavy atom. The zero-order chi connectivity index (χ0) is 14.7. The molecule has 0 aliphatic rings. The number of pyridine rings is 1. The number of hydrogen-bond donors (Lipinski definition) is 1. The van der Waals surface area contributed by atoms with Crippen LogP contribution in [-0.2, 0) is 12.8 Å². The van der Waals surface area contributed by atoms with Crippen LogP contribution in [0.15, 0.2) is 53.6 Å². The van der Waals surface area contributed by atoms with Gasteiger partial charge >= 0.3 is 5.69 Å². The van der Waals surface area contributed by atoms with Gasteiger partial charge in [-0.2, -0.15) is 5.10 Å². The van der Waals surface area contributed by atoms with Crippen LogP contribution in [0.4, 0.5) is 0 Å². The molecule has 0 fully saturated rings. The molecule has 0 saturated heterocycles. The summed E-state index contributed by atoms with van der Waals surface area (Å²) in [5.74, 6) is 0.678. The lowest BCUT2D eigenvalue weighted by Crippen LogP contribution is -2.17. The second-order valence-corrected chi connectivity index (χ2v) is 4.84. The Morgan fingerprint density at radius 2 is 1.95 bits per heavy atom. The van der Waals surface area contributed by atoms with E-state index in [-0.39, 0.29) is 5.69 Å². The molecule has 0 unspecified atom stereocenters. The summed E-state index contributed by atoms with van der Waals surface area (Å²) in [5, 5.41) is 6.65. The molecule has 0 spiro atoms. The summed E-state index contributed by atoms with van der Waals surface area (Å²) in [6.45, 7) is 2.10. The molecule has 2 heterocycles. The van der Waals surface area contributed by atoms with E-state index in [0.29, 0.717) is 12.2 Å². The molecule has 1 N–H and O–H groups in total. The van der Waals surface area contributed by atoms with Gasteiger partial charge in [0.15, 0.2) is 0 Å². The van der Waals surface area contributed by atoms with Crippen LogP contribution in [0.25, 0.3) is 5.69 Å². The van der Waals surface area contributed by atoms with E-state index in [1.807, 2.05) is 36.4 Å². The lowest BCUT2D eigenvalue weighted by Gasteiger charge is -2.06. The zero-order valence-electron chi connectivity index (χ0n) is 11.8. The molecule has 0 amide bonds. The first-order valence-corrected chi connectivity index (χ1v) is 6.92. The number of nitrogens with zero attached hydrogens (tertiary/aromatic N) is 3. The second-order valence-electron chi connectivity index (χ2n) is 4.84. The number of hydrogen-bond acceptors (Lipinski definition) is 3. The van der Waals surface area contributed by atoms with Crippen LogP contribution in [-0.4, -0.2) is 19.7 Å². The van der Waals surface area contributed by atoms with Crippen LogP contribution < -0.4 is 5.69 Å². The summed E-state index contributed by atoms with van der Waals surface area (Å²) < 4.78 is 1.60. The first-order chi connectivity index (χ1) is 10.3. The highest BCUT2D eigenvalue weighted by atomic mass is 16.1. The molecule has 0 atom stereocenters. The topological polar surface area (TPSA) is 63.6 Å². The van der Waals surface area contributed by atoms with Crippen molar-refractivity contribution < 1.29 is 0 Å². The van der Waals surface area contributed by atoms with Crippen LogP contribution in [0.3, 0.4) is 0 Å². The van der Waals surface area contributed by atoms with Crippen LogP contribution in [0.2, 0.25) is 0 Å². The molecule has 21 heavy (non-hydrogen) atoms. The van der Waals surface area contributed by atoms with E-state index in [1.165, 1.54) is 5.56 Å². The monoisotopic (exact) mass is 280 g/mol. The molecule has 1 aromatic carbocycles. The molecule has 106 valence electrons. The first-order valence-electron chi connectivity index (χ1n) is 6.92. The molecular formula is C16H16N4O. The van der Waals surface area contributed by atoms with Gasteiger partial charge in [-0.15, -0.1) is 0 Å². The van der Waals surface area contributed by atoms with E-state index in [4.69, 9.17) is 0 Å². The van der Waals surface area contributed by atoms with Crippen molar-refractivity contribution in [2.75, 3.05) is 0 Å². The predicted molar refractivity (Wildman–Crippen MR) is 80.6 cm³/mol. The van der Waals surface area contributed by atoms with Crippen molar-refractivity contribution in [1.82, 2.24) is 19.7 Å². The van der Waals surface area contributed by atoms with Gasteiger partial charge in [0.1, 0.15) is 5.82 Å². The molecular weight excluding hydrogens is 264 g/mol. The third kappa shape index (κ3) is 2.76. The van der Waals surface area contributed by atoms with Crippen LogP contribution in [0.1, 0.15) is 23.9 Å². The van der Waals surface area contributed by atoms with Crippen molar-refractivity contribution in [3.8, 4) is 5.69 Å². The normalized spacial score (nSPS) is 10.7. The highest BCUT2D eigenvalue weighted by Gasteiger charge is 2.11. The summed E-state index contributed by atoms with van der Waals surface area (Å²) in [7, 11) is 0. The zero-order valence-corrected chi connectivity index (χ0v) is 11.8. The fourth-order valence-corrected chi connectivity index (χ4v) is 2.28.